The molecule has 0 aromatic carbocycles. The molecule has 9 heteroatoms. The molecule has 1 rings (SSSR count). The molecule has 0 amide bonds. The summed E-state index contributed by atoms with van der Waals surface area (Å²) in [6.45, 7) is 3.25. The minimum absolute atomic E-state index is 0.276. The monoisotopic (exact) mass is 380 g/mol. The zero-order valence-electron chi connectivity index (χ0n) is 14.3. The van der Waals surface area contributed by atoms with Gasteiger partial charge in [0.1, 0.15) is 6.10 Å². The summed E-state index contributed by atoms with van der Waals surface area (Å²) in [7, 11) is 0. The second-order valence-corrected chi connectivity index (χ2v) is 6.27. The maximum atomic E-state index is 12.7. The number of halogens is 3. The summed E-state index contributed by atoms with van der Waals surface area (Å²) in [5, 5.41) is 8.48. The number of esters is 2. The van der Waals surface area contributed by atoms with Gasteiger partial charge in [-0.25, -0.2) is 4.79 Å². The van der Waals surface area contributed by atoms with E-state index in [0.29, 0.717) is 12.8 Å². The molecule has 0 radical (unpaired) electrons. The Kier molecular flexibility index (Phi) is 8.60. The molecule has 148 valence electrons. The minimum atomic E-state index is -5.03. The lowest BCUT2D eigenvalue weighted by Gasteiger charge is -2.21. The van der Waals surface area contributed by atoms with Gasteiger partial charge in [-0.15, -0.1) is 0 Å². The zero-order chi connectivity index (χ0) is 19.7. The SMILES string of the molecule is C=C(CC(=O)OC1CCCCCCC1)C(=O)OC(CC(=O)O)C(F)(F)F. The highest BCUT2D eigenvalue weighted by molar-refractivity contribution is 5.93. The van der Waals surface area contributed by atoms with Gasteiger partial charge in [-0.2, -0.15) is 13.2 Å². The van der Waals surface area contributed by atoms with E-state index in [2.05, 4.69) is 11.3 Å². The standard InChI is InChI=1S/C17H23F3O6/c1-11(16(24)26-13(10-14(21)22)17(18,19)20)9-15(23)25-12-7-5-3-2-4-6-8-12/h12-13H,1-10H2,(H,21,22). The van der Waals surface area contributed by atoms with E-state index in [-0.39, 0.29) is 6.10 Å². The molecule has 0 aliphatic heterocycles. The van der Waals surface area contributed by atoms with Gasteiger partial charge in [-0.3, -0.25) is 9.59 Å². The largest absolute Gasteiger partial charge is 0.481 e. The zero-order valence-corrected chi connectivity index (χ0v) is 14.3. The number of alkyl halides is 3. The topological polar surface area (TPSA) is 89.9 Å². The fourth-order valence-corrected chi connectivity index (χ4v) is 2.61. The number of carbonyl (C=O) groups excluding carboxylic acids is 2. The van der Waals surface area contributed by atoms with Crippen molar-refractivity contribution >= 4 is 17.9 Å². The van der Waals surface area contributed by atoms with Crippen LogP contribution >= 0.6 is 0 Å². The van der Waals surface area contributed by atoms with E-state index in [1.165, 1.54) is 0 Å². The van der Waals surface area contributed by atoms with Crippen LogP contribution in [0.4, 0.5) is 13.2 Å². The summed E-state index contributed by atoms with van der Waals surface area (Å²) >= 11 is 0. The van der Waals surface area contributed by atoms with Gasteiger partial charge in [0.25, 0.3) is 0 Å². The van der Waals surface area contributed by atoms with E-state index >= 15 is 0 Å². The maximum absolute atomic E-state index is 12.7. The number of aliphatic carboxylic acids is 1. The van der Waals surface area contributed by atoms with Gasteiger partial charge < -0.3 is 14.6 Å². The highest BCUT2D eigenvalue weighted by Gasteiger charge is 2.44. The van der Waals surface area contributed by atoms with Gasteiger partial charge in [-0.05, 0) is 25.7 Å². The van der Waals surface area contributed by atoms with Crippen molar-refractivity contribution in [2.75, 3.05) is 0 Å². The number of ether oxygens (including phenoxy) is 2. The molecule has 0 aromatic rings. The lowest BCUT2D eigenvalue weighted by atomic mass is 9.98. The van der Waals surface area contributed by atoms with Crippen molar-refractivity contribution in [2.24, 2.45) is 0 Å². The van der Waals surface area contributed by atoms with E-state index < -0.39 is 48.6 Å². The molecule has 1 atom stereocenters. The van der Waals surface area contributed by atoms with Crippen molar-refractivity contribution < 1.29 is 42.1 Å². The molecule has 1 N–H and O–H groups in total. The van der Waals surface area contributed by atoms with Gasteiger partial charge in [0, 0.05) is 5.57 Å². The third-order valence-electron chi connectivity index (χ3n) is 3.97. The average molecular weight is 380 g/mol. The van der Waals surface area contributed by atoms with Crippen LogP contribution in [0, 0.1) is 0 Å². The van der Waals surface area contributed by atoms with Crippen LogP contribution in [-0.4, -0.2) is 41.4 Å². The molecular weight excluding hydrogens is 357 g/mol. The second kappa shape index (κ2) is 10.2. The first-order chi connectivity index (χ1) is 12.1. The summed E-state index contributed by atoms with van der Waals surface area (Å²) in [6, 6.07) is 0. The van der Waals surface area contributed by atoms with E-state index in [9.17, 15) is 27.6 Å². The fourth-order valence-electron chi connectivity index (χ4n) is 2.61. The Morgan fingerprint density at radius 1 is 1.08 bits per heavy atom. The van der Waals surface area contributed by atoms with Crippen LogP contribution in [0.3, 0.4) is 0 Å². The number of carbonyl (C=O) groups is 3. The molecule has 1 saturated carbocycles. The third kappa shape index (κ3) is 8.35. The fraction of sp³-hybridized carbons (Fsp3) is 0.706. The summed E-state index contributed by atoms with van der Waals surface area (Å²) in [4.78, 5) is 34.0. The van der Waals surface area contributed by atoms with E-state index in [1.54, 1.807) is 0 Å². The number of hydrogen-bond acceptors (Lipinski definition) is 5. The van der Waals surface area contributed by atoms with Crippen molar-refractivity contribution in [2.45, 2.75) is 76.2 Å². The molecular formula is C17H23F3O6. The molecule has 0 heterocycles. The molecule has 1 fully saturated rings. The lowest BCUT2D eigenvalue weighted by Crippen LogP contribution is -2.36. The maximum Gasteiger partial charge on any atom is 0.426 e. The highest BCUT2D eigenvalue weighted by atomic mass is 19.4. The van der Waals surface area contributed by atoms with Gasteiger partial charge in [0.2, 0.25) is 6.10 Å². The predicted octanol–water partition coefficient (Wildman–Crippen LogP) is 3.54. The number of hydrogen-bond donors (Lipinski definition) is 1. The van der Waals surface area contributed by atoms with Crippen LogP contribution < -0.4 is 0 Å². The first-order valence-corrected chi connectivity index (χ1v) is 8.46. The summed E-state index contributed by atoms with van der Waals surface area (Å²) in [6.07, 6.45) is -3.64. The molecule has 0 saturated heterocycles. The molecule has 26 heavy (non-hydrogen) atoms. The van der Waals surface area contributed by atoms with E-state index in [1.807, 2.05) is 0 Å². The Morgan fingerprint density at radius 3 is 2.12 bits per heavy atom. The van der Waals surface area contributed by atoms with Crippen molar-refractivity contribution in [3.05, 3.63) is 12.2 Å². The highest BCUT2D eigenvalue weighted by Crippen LogP contribution is 2.26. The van der Waals surface area contributed by atoms with Crippen molar-refractivity contribution in [1.29, 1.82) is 0 Å². The molecule has 0 bridgehead atoms. The third-order valence-corrected chi connectivity index (χ3v) is 3.97. The van der Waals surface area contributed by atoms with E-state index in [4.69, 9.17) is 9.84 Å². The number of carboxylic acid groups (broad SMARTS) is 1. The van der Waals surface area contributed by atoms with Crippen LogP contribution in [0.2, 0.25) is 0 Å². The molecule has 0 spiro atoms. The Balaban J connectivity index is 2.52. The average Bonchev–Trinajstić information content (AvgIpc) is 2.47. The van der Waals surface area contributed by atoms with Gasteiger partial charge >= 0.3 is 24.1 Å². The van der Waals surface area contributed by atoms with Crippen molar-refractivity contribution in [3.8, 4) is 0 Å². The Labute approximate surface area is 149 Å². The summed E-state index contributed by atoms with van der Waals surface area (Å²) < 4.78 is 47.5. The first-order valence-electron chi connectivity index (χ1n) is 8.46. The van der Waals surface area contributed by atoms with Crippen LogP contribution in [-0.2, 0) is 23.9 Å². The van der Waals surface area contributed by atoms with Gasteiger partial charge in [0.15, 0.2) is 0 Å². The molecule has 1 unspecified atom stereocenters. The summed E-state index contributed by atoms with van der Waals surface area (Å²) in [5.74, 6) is -4.00. The molecule has 6 nitrogen and oxygen atoms in total. The molecule has 0 aromatic heterocycles. The van der Waals surface area contributed by atoms with E-state index in [0.717, 1.165) is 32.1 Å². The van der Waals surface area contributed by atoms with Crippen LogP contribution in [0.25, 0.3) is 0 Å². The normalized spacial score (nSPS) is 17.5. The van der Waals surface area contributed by atoms with Crippen LogP contribution in [0.15, 0.2) is 12.2 Å². The van der Waals surface area contributed by atoms with Crippen molar-refractivity contribution in [3.63, 3.8) is 0 Å². The number of rotatable bonds is 7. The Morgan fingerprint density at radius 2 is 1.62 bits per heavy atom. The molecule has 1 aliphatic rings. The van der Waals surface area contributed by atoms with Crippen LogP contribution in [0.5, 0.6) is 0 Å². The predicted molar refractivity (Wildman–Crippen MR) is 84.1 cm³/mol. The van der Waals surface area contributed by atoms with Gasteiger partial charge in [-0.1, -0.05) is 25.8 Å². The first kappa shape index (κ1) is 22.0. The Hall–Kier alpha value is -2.06. The van der Waals surface area contributed by atoms with Gasteiger partial charge in [0.05, 0.1) is 12.8 Å². The minimum Gasteiger partial charge on any atom is -0.481 e. The smallest absolute Gasteiger partial charge is 0.426 e. The second-order valence-electron chi connectivity index (χ2n) is 6.27. The lowest BCUT2D eigenvalue weighted by molar-refractivity contribution is -0.222. The Bertz CT molecular complexity index is 521. The quantitative estimate of drug-likeness (QED) is 0.537. The summed E-state index contributed by atoms with van der Waals surface area (Å²) in [5.41, 5.74) is -0.513. The van der Waals surface area contributed by atoms with Crippen molar-refractivity contribution in [1.82, 2.24) is 0 Å². The van der Waals surface area contributed by atoms with Crippen LogP contribution in [0.1, 0.15) is 57.8 Å². The number of carboxylic acids is 1. The molecule has 1 aliphatic carbocycles.